The zero-order valence-electron chi connectivity index (χ0n) is 18.0. The second-order valence-corrected chi connectivity index (χ2v) is 9.68. The lowest BCUT2D eigenvalue weighted by Gasteiger charge is -2.19. The summed E-state index contributed by atoms with van der Waals surface area (Å²) in [5, 5.41) is 2.71. The minimum atomic E-state index is -4.03. The Labute approximate surface area is 183 Å². The summed E-state index contributed by atoms with van der Waals surface area (Å²) in [4.78, 5) is 25.7. The van der Waals surface area contributed by atoms with Gasteiger partial charge < -0.3 is 10.1 Å². The molecule has 31 heavy (non-hydrogen) atoms. The van der Waals surface area contributed by atoms with Gasteiger partial charge >= 0.3 is 6.09 Å². The van der Waals surface area contributed by atoms with Crippen molar-refractivity contribution in [2.24, 2.45) is 0 Å². The fraction of sp³-hybridized carbons (Fsp3) is 0.364. The van der Waals surface area contributed by atoms with Crippen molar-refractivity contribution in [3.8, 4) is 0 Å². The van der Waals surface area contributed by atoms with Crippen molar-refractivity contribution in [3.05, 3.63) is 60.2 Å². The molecule has 8 nitrogen and oxygen atoms in total. The van der Waals surface area contributed by atoms with Crippen molar-refractivity contribution >= 4 is 27.7 Å². The van der Waals surface area contributed by atoms with Gasteiger partial charge in [-0.3, -0.25) is 4.79 Å². The van der Waals surface area contributed by atoms with Gasteiger partial charge in [-0.05, 0) is 63.8 Å². The molecule has 0 spiro atoms. The molecule has 0 aliphatic rings. The molecule has 0 fully saturated rings. The lowest BCUT2D eigenvalue weighted by molar-refractivity contribution is -0.116. The van der Waals surface area contributed by atoms with Crippen LogP contribution in [0.1, 0.15) is 45.6 Å². The van der Waals surface area contributed by atoms with Crippen molar-refractivity contribution in [1.82, 2.24) is 10.3 Å². The molecule has 0 aromatic heterocycles. The summed E-state index contributed by atoms with van der Waals surface area (Å²) in [5.74, 6) is -0.192. The largest absolute Gasteiger partial charge is 0.443 e. The summed E-state index contributed by atoms with van der Waals surface area (Å²) >= 11 is 0. The molecule has 3 N–H and O–H groups in total. The van der Waals surface area contributed by atoms with Crippen molar-refractivity contribution in [3.63, 3.8) is 0 Å². The van der Waals surface area contributed by atoms with Gasteiger partial charge in [-0.2, -0.15) is 0 Å². The molecule has 2 amide bonds. The number of aryl methyl sites for hydroxylation is 1. The average molecular weight is 448 g/mol. The first-order valence-electron chi connectivity index (χ1n) is 10.00. The van der Waals surface area contributed by atoms with Crippen LogP contribution in [-0.2, 0) is 26.0 Å². The number of rotatable bonds is 9. The van der Waals surface area contributed by atoms with Crippen LogP contribution in [0.5, 0.6) is 0 Å². The third-order valence-electron chi connectivity index (χ3n) is 4.08. The number of hydrogen-bond donors (Lipinski definition) is 3. The molecular formula is C22H29N3O5S. The number of sulfonamides is 1. The highest BCUT2D eigenvalue weighted by molar-refractivity contribution is 7.89. The van der Waals surface area contributed by atoms with E-state index < -0.39 is 21.7 Å². The van der Waals surface area contributed by atoms with E-state index in [4.69, 9.17) is 4.74 Å². The Balaban J connectivity index is 1.84. The van der Waals surface area contributed by atoms with E-state index in [1.165, 1.54) is 23.8 Å². The quantitative estimate of drug-likeness (QED) is 0.400. The molecule has 0 bridgehead atoms. The predicted molar refractivity (Wildman–Crippen MR) is 119 cm³/mol. The highest BCUT2D eigenvalue weighted by Crippen LogP contribution is 2.16. The van der Waals surface area contributed by atoms with Crippen molar-refractivity contribution in [1.29, 1.82) is 0 Å². The van der Waals surface area contributed by atoms with Crippen LogP contribution in [0, 0.1) is 0 Å². The van der Waals surface area contributed by atoms with Gasteiger partial charge in [0, 0.05) is 12.1 Å². The van der Waals surface area contributed by atoms with Crippen molar-refractivity contribution in [2.75, 3.05) is 5.32 Å². The summed E-state index contributed by atoms with van der Waals surface area (Å²) in [6.45, 7) is 4.98. The normalized spacial score (nSPS) is 11.6. The molecule has 0 saturated carbocycles. The fourth-order valence-electron chi connectivity index (χ4n) is 2.70. The molecule has 168 valence electrons. The number of anilines is 1. The third kappa shape index (κ3) is 9.18. The van der Waals surface area contributed by atoms with Crippen LogP contribution in [0.3, 0.4) is 0 Å². The van der Waals surface area contributed by atoms with Crippen molar-refractivity contribution < 1.29 is 22.7 Å². The van der Waals surface area contributed by atoms with E-state index in [9.17, 15) is 18.0 Å². The average Bonchev–Trinajstić information content (AvgIpc) is 2.70. The maximum atomic E-state index is 12.4. The number of nitrogens with one attached hydrogen (secondary N) is 3. The van der Waals surface area contributed by atoms with Gasteiger partial charge in [0.2, 0.25) is 5.91 Å². The fourth-order valence-corrected chi connectivity index (χ4v) is 3.57. The first-order chi connectivity index (χ1) is 14.5. The van der Waals surface area contributed by atoms with Crippen LogP contribution < -0.4 is 15.6 Å². The maximum absolute atomic E-state index is 12.4. The van der Waals surface area contributed by atoms with Gasteiger partial charge in [-0.1, -0.05) is 36.4 Å². The predicted octanol–water partition coefficient (Wildman–Crippen LogP) is 3.76. The third-order valence-corrected chi connectivity index (χ3v) is 5.32. The second-order valence-electron chi connectivity index (χ2n) is 8.00. The molecule has 0 aliphatic heterocycles. The number of amides is 2. The van der Waals surface area contributed by atoms with E-state index in [2.05, 4.69) is 17.4 Å². The number of carbonyl (C=O) groups excluding carboxylic acids is 2. The Hall–Kier alpha value is -2.91. The molecule has 0 atom stereocenters. The van der Waals surface area contributed by atoms with E-state index in [1.807, 2.05) is 28.5 Å². The van der Waals surface area contributed by atoms with Crippen LogP contribution in [0.15, 0.2) is 59.5 Å². The summed E-state index contributed by atoms with van der Waals surface area (Å²) in [7, 11) is -4.03. The first kappa shape index (κ1) is 24.4. The number of unbranched alkanes of at least 4 members (excludes halogenated alkanes) is 1. The zero-order valence-corrected chi connectivity index (χ0v) is 18.8. The molecule has 0 unspecified atom stereocenters. The molecule has 0 heterocycles. The number of hydrazine groups is 1. The highest BCUT2D eigenvalue weighted by Gasteiger charge is 2.20. The Kier molecular flexibility index (Phi) is 8.58. The van der Waals surface area contributed by atoms with Gasteiger partial charge in [0.05, 0.1) is 4.90 Å². The van der Waals surface area contributed by atoms with Gasteiger partial charge in [-0.15, -0.1) is 4.83 Å². The molecular weight excluding hydrogens is 418 g/mol. The van der Waals surface area contributed by atoms with E-state index in [0.29, 0.717) is 12.1 Å². The minimum Gasteiger partial charge on any atom is -0.443 e. The van der Waals surface area contributed by atoms with Crippen molar-refractivity contribution in [2.45, 2.75) is 57.0 Å². The molecule has 9 heteroatoms. The first-order valence-corrected chi connectivity index (χ1v) is 11.5. The summed E-state index contributed by atoms with van der Waals surface area (Å²) in [6.07, 6.45) is 1.92. The lowest BCUT2D eigenvalue weighted by atomic mass is 10.1. The van der Waals surface area contributed by atoms with Gasteiger partial charge in [0.25, 0.3) is 10.0 Å². The zero-order chi connectivity index (χ0) is 22.9. The SMILES string of the molecule is CC(C)(C)OC(=O)NNS(=O)(=O)c1cccc(NC(=O)CCCCc2ccccc2)c1. The van der Waals surface area contributed by atoms with Crippen LogP contribution >= 0.6 is 0 Å². The summed E-state index contributed by atoms with van der Waals surface area (Å²) < 4.78 is 29.8. The standard InChI is InChI=1S/C22H29N3O5S/c1-22(2,3)30-21(27)24-25-31(28,29)19-14-9-13-18(16-19)23-20(26)15-8-7-12-17-10-5-4-6-11-17/h4-6,9-11,13-14,16,25H,7-8,12,15H2,1-3H3,(H,23,26)(H,24,27). The van der Waals surface area contributed by atoms with Gasteiger partial charge in [0.15, 0.2) is 0 Å². The van der Waals surface area contributed by atoms with Crippen LogP contribution in [0.25, 0.3) is 0 Å². The number of ether oxygens (including phenoxy) is 1. The van der Waals surface area contributed by atoms with E-state index >= 15 is 0 Å². The van der Waals surface area contributed by atoms with Crippen LogP contribution in [0.4, 0.5) is 10.5 Å². The van der Waals surface area contributed by atoms with E-state index in [0.717, 1.165) is 19.3 Å². The summed E-state index contributed by atoms with van der Waals surface area (Å²) in [5.41, 5.74) is 2.82. The minimum absolute atomic E-state index is 0.106. The van der Waals surface area contributed by atoms with Crippen LogP contribution in [0.2, 0.25) is 0 Å². The molecule has 0 saturated heterocycles. The molecule has 0 radical (unpaired) electrons. The Morgan fingerprint density at radius 1 is 0.968 bits per heavy atom. The Morgan fingerprint density at radius 2 is 1.68 bits per heavy atom. The van der Waals surface area contributed by atoms with Gasteiger partial charge in [-0.25, -0.2) is 18.6 Å². The topological polar surface area (TPSA) is 114 Å². The summed E-state index contributed by atoms with van der Waals surface area (Å²) in [6, 6.07) is 15.8. The van der Waals surface area contributed by atoms with Crippen LogP contribution in [-0.4, -0.2) is 26.0 Å². The lowest BCUT2D eigenvalue weighted by Crippen LogP contribution is -2.44. The second kappa shape index (κ2) is 10.9. The number of hydrogen-bond acceptors (Lipinski definition) is 5. The van der Waals surface area contributed by atoms with Gasteiger partial charge in [0.1, 0.15) is 5.60 Å². The number of benzene rings is 2. The number of carbonyl (C=O) groups is 2. The Morgan fingerprint density at radius 3 is 2.35 bits per heavy atom. The Bertz CT molecular complexity index is 986. The molecule has 2 aromatic rings. The maximum Gasteiger partial charge on any atom is 0.423 e. The molecule has 2 rings (SSSR count). The van der Waals surface area contributed by atoms with E-state index in [-0.39, 0.29) is 10.8 Å². The highest BCUT2D eigenvalue weighted by atomic mass is 32.2. The molecule has 0 aliphatic carbocycles. The monoisotopic (exact) mass is 447 g/mol. The van der Waals surface area contributed by atoms with E-state index in [1.54, 1.807) is 26.8 Å². The smallest absolute Gasteiger partial charge is 0.423 e. The molecule has 2 aromatic carbocycles.